The Morgan fingerprint density at radius 3 is 2.49 bits per heavy atom. The van der Waals surface area contributed by atoms with Gasteiger partial charge >= 0.3 is 12.1 Å². The highest BCUT2D eigenvalue weighted by Gasteiger charge is 2.43. The summed E-state index contributed by atoms with van der Waals surface area (Å²) in [5.41, 5.74) is 1.34. The van der Waals surface area contributed by atoms with Crippen LogP contribution in [0.3, 0.4) is 0 Å². The topological polar surface area (TPSA) is 77.7 Å². The number of pyridine rings is 1. The highest BCUT2D eigenvalue weighted by atomic mass is 19.4. The standard InChI is InChI=1S/C29H30F3N3O4/c1-16-11-18(28(36)37-2)12-25(33-16)35-19-9-10-20(35)14-21(13-19)38-15-23-26(34-39-27(23)17-7-8-17)22-5-3-4-6-24(22)29(30,31)32/h3-6,11-12,17,19-21H,7-10,13-15H2,1-2H3/t19-,20?,21?/m0/s1. The van der Waals surface area contributed by atoms with Gasteiger partial charge in [-0.25, -0.2) is 9.78 Å². The van der Waals surface area contributed by atoms with E-state index < -0.39 is 17.7 Å². The van der Waals surface area contributed by atoms with E-state index in [2.05, 4.69) is 10.1 Å². The number of carbonyl (C=O) groups excluding carboxylic acids is 1. The Kier molecular flexibility index (Phi) is 6.61. The number of halogens is 3. The minimum absolute atomic E-state index is 0.0149. The summed E-state index contributed by atoms with van der Waals surface area (Å²) in [4.78, 5) is 19.1. The Hall–Kier alpha value is -3.40. The van der Waals surface area contributed by atoms with Gasteiger partial charge in [0.1, 0.15) is 17.3 Å². The van der Waals surface area contributed by atoms with Gasteiger partial charge < -0.3 is 18.9 Å². The summed E-state index contributed by atoms with van der Waals surface area (Å²) in [5.74, 6) is 1.19. The molecule has 10 heteroatoms. The van der Waals surface area contributed by atoms with E-state index in [1.807, 2.05) is 6.92 Å². The first-order valence-corrected chi connectivity index (χ1v) is 13.3. The number of nitrogens with zero attached hydrogens (tertiary/aromatic N) is 3. The van der Waals surface area contributed by atoms with Gasteiger partial charge in [0.25, 0.3) is 0 Å². The molecule has 1 saturated carbocycles. The average Bonchev–Trinajstić information content (AvgIpc) is 3.61. The van der Waals surface area contributed by atoms with Crippen LogP contribution in [0, 0.1) is 6.92 Å². The molecule has 0 amide bonds. The first-order chi connectivity index (χ1) is 18.7. The zero-order valence-corrected chi connectivity index (χ0v) is 21.8. The molecule has 3 aliphatic rings. The Labute approximate surface area is 224 Å². The van der Waals surface area contributed by atoms with Crippen LogP contribution in [0.4, 0.5) is 19.0 Å². The number of fused-ring (bicyclic) bond motifs is 2. The molecule has 0 spiro atoms. The van der Waals surface area contributed by atoms with Gasteiger partial charge in [0.15, 0.2) is 0 Å². The van der Waals surface area contributed by atoms with E-state index in [1.54, 1.807) is 18.2 Å². The molecule has 3 fully saturated rings. The molecule has 2 saturated heterocycles. The van der Waals surface area contributed by atoms with Crippen LogP contribution >= 0.6 is 0 Å². The van der Waals surface area contributed by atoms with Crippen molar-refractivity contribution in [1.29, 1.82) is 0 Å². The summed E-state index contributed by atoms with van der Waals surface area (Å²) in [6.07, 6.45) is 0.797. The van der Waals surface area contributed by atoms with E-state index in [4.69, 9.17) is 19.0 Å². The van der Waals surface area contributed by atoms with Crippen molar-refractivity contribution in [1.82, 2.24) is 10.1 Å². The Morgan fingerprint density at radius 2 is 1.82 bits per heavy atom. The van der Waals surface area contributed by atoms with Crippen molar-refractivity contribution < 1.29 is 32.0 Å². The molecule has 2 unspecified atom stereocenters. The number of methoxy groups -OCH3 is 1. The van der Waals surface area contributed by atoms with Crippen molar-refractivity contribution >= 4 is 11.8 Å². The molecule has 4 heterocycles. The average molecular weight is 542 g/mol. The summed E-state index contributed by atoms with van der Waals surface area (Å²) >= 11 is 0. The van der Waals surface area contributed by atoms with E-state index in [-0.39, 0.29) is 42.0 Å². The third kappa shape index (κ3) is 5.02. The lowest BCUT2D eigenvalue weighted by molar-refractivity contribution is -0.137. The first-order valence-electron chi connectivity index (χ1n) is 13.3. The molecular formula is C29H30F3N3O4. The summed E-state index contributed by atoms with van der Waals surface area (Å²) in [6.45, 7) is 2.01. The molecule has 2 aliphatic heterocycles. The highest BCUT2D eigenvalue weighted by Crippen LogP contribution is 2.46. The number of hydrogen-bond donors (Lipinski definition) is 0. The fraction of sp³-hybridized carbons (Fsp3) is 0.483. The maximum Gasteiger partial charge on any atom is 0.417 e. The molecule has 0 N–H and O–H groups in total. The second-order valence-electron chi connectivity index (χ2n) is 10.7. The van der Waals surface area contributed by atoms with Crippen LogP contribution in [0.2, 0.25) is 0 Å². The molecule has 3 aromatic rings. The predicted octanol–water partition coefficient (Wildman–Crippen LogP) is 6.44. The van der Waals surface area contributed by atoms with Crippen molar-refractivity contribution in [3.8, 4) is 11.3 Å². The number of alkyl halides is 3. The van der Waals surface area contributed by atoms with E-state index >= 15 is 0 Å². The number of ether oxygens (including phenoxy) is 2. The van der Waals surface area contributed by atoms with E-state index in [9.17, 15) is 18.0 Å². The number of carbonyl (C=O) groups is 1. The van der Waals surface area contributed by atoms with E-state index in [1.165, 1.54) is 19.2 Å². The molecule has 206 valence electrons. The maximum absolute atomic E-state index is 13.8. The zero-order chi connectivity index (χ0) is 27.3. The molecule has 2 aromatic heterocycles. The zero-order valence-electron chi connectivity index (χ0n) is 21.8. The number of piperidine rings is 1. The van der Waals surface area contributed by atoms with E-state index in [0.29, 0.717) is 16.9 Å². The SMILES string of the molecule is COC(=O)c1cc(C)nc(N2C3CC[C@H]2CC(OCc2c(-c4ccccc4C(F)(F)F)noc2C2CC2)C3)c1. The van der Waals surface area contributed by atoms with Crippen LogP contribution in [-0.4, -0.2) is 41.4 Å². The lowest BCUT2D eigenvalue weighted by Crippen LogP contribution is -2.46. The molecular weight excluding hydrogens is 511 g/mol. The lowest BCUT2D eigenvalue weighted by atomic mass is 9.98. The van der Waals surface area contributed by atoms with Gasteiger partial charge in [-0.3, -0.25) is 0 Å². The fourth-order valence-electron chi connectivity index (χ4n) is 6.13. The van der Waals surface area contributed by atoms with Crippen LogP contribution in [0.15, 0.2) is 40.9 Å². The van der Waals surface area contributed by atoms with Crippen molar-refractivity contribution in [3.63, 3.8) is 0 Å². The number of rotatable bonds is 7. The third-order valence-electron chi connectivity index (χ3n) is 8.03. The number of anilines is 1. The van der Waals surface area contributed by atoms with Crippen LogP contribution in [0.5, 0.6) is 0 Å². The fourth-order valence-corrected chi connectivity index (χ4v) is 6.13. The number of aromatic nitrogens is 2. The van der Waals surface area contributed by atoms with Crippen molar-refractivity contribution in [2.45, 2.75) is 82.3 Å². The molecule has 7 nitrogen and oxygen atoms in total. The lowest BCUT2D eigenvalue weighted by Gasteiger charge is -2.40. The summed E-state index contributed by atoms with van der Waals surface area (Å²) in [7, 11) is 1.36. The predicted molar refractivity (Wildman–Crippen MR) is 136 cm³/mol. The van der Waals surface area contributed by atoms with Crippen molar-refractivity contribution in [3.05, 3.63) is 64.5 Å². The molecule has 1 aromatic carbocycles. The van der Waals surface area contributed by atoms with Crippen molar-refractivity contribution in [2.75, 3.05) is 12.0 Å². The second-order valence-corrected chi connectivity index (χ2v) is 10.7. The number of aryl methyl sites for hydroxylation is 1. The Balaban J connectivity index is 1.22. The highest BCUT2D eigenvalue weighted by molar-refractivity contribution is 5.90. The number of hydrogen-bond acceptors (Lipinski definition) is 7. The summed E-state index contributed by atoms with van der Waals surface area (Å²) < 4.78 is 58.3. The van der Waals surface area contributed by atoms with Crippen LogP contribution in [-0.2, 0) is 22.3 Å². The molecule has 1 aliphatic carbocycles. The number of esters is 1. The van der Waals surface area contributed by atoms with Crippen LogP contribution in [0.1, 0.15) is 77.4 Å². The number of benzene rings is 1. The van der Waals surface area contributed by atoms with Crippen molar-refractivity contribution in [2.24, 2.45) is 0 Å². The van der Waals surface area contributed by atoms with Gasteiger partial charge in [-0.2, -0.15) is 13.2 Å². The van der Waals surface area contributed by atoms with Gasteiger partial charge in [-0.1, -0.05) is 23.4 Å². The normalized spacial score (nSPS) is 22.8. The molecule has 39 heavy (non-hydrogen) atoms. The van der Waals surface area contributed by atoms with Crippen LogP contribution in [0.25, 0.3) is 11.3 Å². The van der Waals surface area contributed by atoms with Gasteiger partial charge in [0, 0.05) is 34.8 Å². The monoisotopic (exact) mass is 541 g/mol. The quantitative estimate of drug-likeness (QED) is 0.318. The summed E-state index contributed by atoms with van der Waals surface area (Å²) in [6, 6.07) is 9.38. The molecule has 0 radical (unpaired) electrons. The maximum atomic E-state index is 13.8. The second kappa shape index (κ2) is 9.97. The third-order valence-corrected chi connectivity index (χ3v) is 8.03. The van der Waals surface area contributed by atoms with Gasteiger partial charge in [0.2, 0.25) is 0 Å². The minimum Gasteiger partial charge on any atom is -0.465 e. The minimum atomic E-state index is -4.50. The molecule has 3 atom stereocenters. The molecule has 6 rings (SSSR count). The van der Waals surface area contributed by atoms with Gasteiger partial charge in [0.05, 0.1) is 30.9 Å². The first kappa shape index (κ1) is 25.9. The van der Waals surface area contributed by atoms with Crippen LogP contribution < -0.4 is 4.90 Å². The Bertz CT molecular complexity index is 1370. The summed E-state index contributed by atoms with van der Waals surface area (Å²) in [5, 5.41) is 4.11. The largest absolute Gasteiger partial charge is 0.465 e. The van der Waals surface area contributed by atoms with Gasteiger partial charge in [-0.15, -0.1) is 0 Å². The van der Waals surface area contributed by atoms with Gasteiger partial charge in [-0.05, 0) is 63.6 Å². The Morgan fingerprint density at radius 1 is 1.10 bits per heavy atom. The molecule has 2 bridgehead atoms. The van der Waals surface area contributed by atoms with E-state index in [0.717, 1.165) is 56.1 Å². The smallest absolute Gasteiger partial charge is 0.417 e.